The number of rotatable bonds is 4. The molecule has 1 aliphatic carbocycles. The molecule has 3 heteroatoms. The lowest BCUT2D eigenvalue weighted by Crippen LogP contribution is -2.37. The van der Waals surface area contributed by atoms with Gasteiger partial charge in [-0.25, -0.2) is 0 Å². The highest BCUT2D eigenvalue weighted by molar-refractivity contribution is 9.09. The molecule has 1 fully saturated rings. The highest BCUT2D eigenvalue weighted by Crippen LogP contribution is 2.24. The summed E-state index contributed by atoms with van der Waals surface area (Å²) in [5.41, 5.74) is 2.55. The first-order valence-corrected chi connectivity index (χ1v) is 8.04. The van der Waals surface area contributed by atoms with Crippen molar-refractivity contribution in [3.63, 3.8) is 0 Å². The predicted molar refractivity (Wildman–Crippen MR) is 82.6 cm³/mol. The van der Waals surface area contributed by atoms with Crippen LogP contribution in [0.5, 0.6) is 0 Å². The molecule has 0 aromatic heterocycles. The maximum Gasteiger partial charge on any atom is 0.220 e. The quantitative estimate of drug-likeness (QED) is 0.840. The molecule has 2 rings (SSSR count). The third-order valence-electron chi connectivity index (χ3n) is 3.90. The molecule has 0 bridgehead atoms. The number of halogens is 1. The van der Waals surface area contributed by atoms with Crippen LogP contribution in [0.2, 0.25) is 0 Å². The molecule has 19 heavy (non-hydrogen) atoms. The Morgan fingerprint density at radius 3 is 2.63 bits per heavy atom. The van der Waals surface area contributed by atoms with Crippen molar-refractivity contribution < 1.29 is 4.79 Å². The molecule has 1 aliphatic rings. The van der Waals surface area contributed by atoms with Crippen molar-refractivity contribution in [1.82, 2.24) is 5.32 Å². The van der Waals surface area contributed by atoms with Gasteiger partial charge in [-0.2, -0.15) is 0 Å². The Kier molecular flexibility index (Phi) is 5.44. The summed E-state index contributed by atoms with van der Waals surface area (Å²) >= 11 is 3.64. The van der Waals surface area contributed by atoms with E-state index in [2.05, 4.69) is 40.3 Å². The van der Waals surface area contributed by atoms with E-state index in [1.807, 2.05) is 12.1 Å². The van der Waals surface area contributed by atoms with Gasteiger partial charge in [-0.1, -0.05) is 40.2 Å². The van der Waals surface area contributed by atoms with Gasteiger partial charge in [0.25, 0.3) is 0 Å². The Morgan fingerprint density at radius 1 is 1.26 bits per heavy atom. The second-order valence-corrected chi connectivity index (χ2v) is 6.74. The molecule has 1 amide bonds. The number of carbonyl (C=O) groups is 1. The molecule has 0 atom stereocenters. The number of nitrogens with one attached hydrogen (secondary N) is 1. The smallest absolute Gasteiger partial charge is 0.220 e. The third-order valence-corrected chi connectivity index (χ3v) is 4.82. The lowest BCUT2D eigenvalue weighted by Gasteiger charge is -2.26. The maximum absolute atomic E-state index is 12.0. The van der Waals surface area contributed by atoms with Crippen LogP contribution in [0.1, 0.15) is 43.2 Å². The first-order valence-electron chi connectivity index (χ1n) is 7.13. The van der Waals surface area contributed by atoms with Gasteiger partial charge in [0.1, 0.15) is 0 Å². The van der Waals surface area contributed by atoms with Crippen LogP contribution < -0.4 is 5.32 Å². The van der Waals surface area contributed by atoms with Crippen molar-refractivity contribution >= 4 is 21.8 Å². The van der Waals surface area contributed by atoms with E-state index in [1.165, 1.54) is 24.0 Å². The second-order valence-electron chi connectivity index (χ2n) is 5.44. The number of benzene rings is 1. The van der Waals surface area contributed by atoms with Crippen LogP contribution in [-0.2, 0) is 11.2 Å². The first kappa shape index (κ1) is 14.6. The van der Waals surface area contributed by atoms with Crippen molar-refractivity contribution in [3.8, 4) is 0 Å². The minimum Gasteiger partial charge on any atom is -0.353 e. The summed E-state index contributed by atoms with van der Waals surface area (Å²) in [6.45, 7) is 2.10. The first-order chi connectivity index (χ1) is 9.15. The van der Waals surface area contributed by atoms with Crippen molar-refractivity contribution in [1.29, 1.82) is 0 Å². The Hall–Kier alpha value is -0.830. The second kappa shape index (κ2) is 7.09. The SMILES string of the molecule is Cc1ccccc1CCC(=O)NC1CCC(Br)CC1. The molecule has 1 aromatic carbocycles. The fourth-order valence-corrected chi connectivity index (χ4v) is 3.16. The molecular formula is C16H22BrNO. The number of carbonyl (C=O) groups excluding carboxylic acids is 1. The summed E-state index contributed by atoms with van der Waals surface area (Å²) in [5, 5.41) is 3.17. The Balaban J connectivity index is 1.74. The van der Waals surface area contributed by atoms with Crippen LogP contribution in [0, 0.1) is 6.92 Å². The van der Waals surface area contributed by atoms with Crippen molar-refractivity contribution in [2.75, 3.05) is 0 Å². The summed E-state index contributed by atoms with van der Waals surface area (Å²) in [6, 6.07) is 8.68. The molecule has 1 N–H and O–H groups in total. The Labute approximate surface area is 124 Å². The summed E-state index contributed by atoms with van der Waals surface area (Å²) in [5.74, 6) is 0.196. The molecular weight excluding hydrogens is 302 g/mol. The van der Waals surface area contributed by atoms with Gasteiger partial charge in [-0.05, 0) is 50.2 Å². The lowest BCUT2D eigenvalue weighted by atomic mass is 9.95. The molecule has 104 valence electrons. The van der Waals surface area contributed by atoms with Crippen molar-refractivity contribution in [2.45, 2.75) is 56.3 Å². The summed E-state index contributed by atoms with van der Waals surface area (Å²) in [4.78, 5) is 12.6. The summed E-state index contributed by atoms with van der Waals surface area (Å²) in [7, 11) is 0. The zero-order valence-electron chi connectivity index (χ0n) is 11.5. The minimum absolute atomic E-state index is 0.196. The van der Waals surface area contributed by atoms with E-state index in [4.69, 9.17) is 0 Å². The van der Waals surface area contributed by atoms with Gasteiger partial charge in [-0.3, -0.25) is 4.79 Å². The fraction of sp³-hybridized carbons (Fsp3) is 0.562. The highest BCUT2D eigenvalue weighted by Gasteiger charge is 2.20. The van der Waals surface area contributed by atoms with Crippen LogP contribution >= 0.6 is 15.9 Å². The molecule has 0 spiro atoms. The monoisotopic (exact) mass is 323 g/mol. The van der Waals surface area contributed by atoms with E-state index >= 15 is 0 Å². The molecule has 1 saturated carbocycles. The Bertz CT molecular complexity index is 425. The van der Waals surface area contributed by atoms with E-state index in [9.17, 15) is 4.79 Å². The highest BCUT2D eigenvalue weighted by atomic mass is 79.9. The van der Waals surface area contributed by atoms with Crippen LogP contribution in [0.25, 0.3) is 0 Å². The predicted octanol–water partition coefficient (Wildman–Crippen LogP) is 3.75. The minimum atomic E-state index is 0.196. The summed E-state index contributed by atoms with van der Waals surface area (Å²) < 4.78 is 0. The van der Waals surface area contributed by atoms with E-state index in [1.54, 1.807) is 0 Å². The molecule has 0 aliphatic heterocycles. The molecule has 1 aromatic rings. The van der Waals surface area contributed by atoms with Crippen LogP contribution in [0.15, 0.2) is 24.3 Å². The molecule has 0 radical (unpaired) electrons. The number of alkyl halides is 1. The molecule has 0 saturated heterocycles. The van der Waals surface area contributed by atoms with Crippen molar-refractivity contribution in [2.24, 2.45) is 0 Å². The summed E-state index contributed by atoms with van der Waals surface area (Å²) in [6.07, 6.45) is 5.98. The van der Waals surface area contributed by atoms with Gasteiger partial charge in [0, 0.05) is 17.3 Å². The topological polar surface area (TPSA) is 29.1 Å². The third kappa shape index (κ3) is 4.64. The number of hydrogen-bond donors (Lipinski definition) is 1. The maximum atomic E-state index is 12.0. The van der Waals surface area contributed by atoms with Gasteiger partial charge >= 0.3 is 0 Å². The van der Waals surface area contributed by atoms with E-state index < -0.39 is 0 Å². The van der Waals surface area contributed by atoms with Crippen LogP contribution in [0.3, 0.4) is 0 Å². The zero-order chi connectivity index (χ0) is 13.7. The van der Waals surface area contributed by atoms with Crippen LogP contribution in [-0.4, -0.2) is 16.8 Å². The largest absolute Gasteiger partial charge is 0.353 e. The van der Waals surface area contributed by atoms with E-state index in [0.717, 1.165) is 19.3 Å². The van der Waals surface area contributed by atoms with Crippen molar-refractivity contribution in [3.05, 3.63) is 35.4 Å². The average molecular weight is 324 g/mol. The Morgan fingerprint density at radius 2 is 1.95 bits per heavy atom. The van der Waals surface area contributed by atoms with Gasteiger partial charge in [0.15, 0.2) is 0 Å². The molecule has 0 unspecified atom stereocenters. The van der Waals surface area contributed by atoms with E-state index in [-0.39, 0.29) is 5.91 Å². The number of hydrogen-bond acceptors (Lipinski definition) is 1. The normalized spacial score (nSPS) is 23.1. The van der Waals surface area contributed by atoms with Gasteiger partial charge < -0.3 is 5.32 Å². The number of amides is 1. The molecule has 0 heterocycles. The van der Waals surface area contributed by atoms with E-state index in [0.29, 0.717) is 17.3 Å². The number of aryl methyl sites for hydroxylation is 2. The van der Waals surface area contributed by atoms with Gasteiger partial charge in [0.2, 0.25) is 5.91 Å². The average Bonchev–Trinajstić information content (AvgIpc) is 2.40. The zero-order valence-corrected chi connectivity index (χ0v) is 13.1. The lowest BCUT2D eigenvalue weighted by molar-refractivity contribution is -0.121. The van der Waals surface area contributed by atoms with Gasteiger partial charge in [-0.15, -0.1) is 0 Å². The molecule has 2 nitrogen and oxygen atoms in total. The van der Waals surface area contributed by atoms with Gasteiger partial charge in [0.05, 0.1) is 0 Å². The van der Waals surface area contributed by atoms with Crippen LogP contribution in [0.4, 0.5) is 0 Å². The fourth-order valence-electron chi connectivity index (χ4n) is 2.64. The standard InChI is InChI=1S/C16H22BrNO/c1-12-4-2-3-5-13(12)6-11-16(19)18-15-9-7-14(17)8-10-15/h2-5,14-15H,6-11H2,1H3,(H,18,19).